The Morgan fingerprint density at radius 3 is 3.05 bits per heavy atom. The molecule has 2 aromatic heterocycles. The van der Waals surface area contributed by atoms with Crippen LogP contribution >= 0.6 is 0 Å². The summed E-state index contributed by atoms with van der Waals surface area (Å²) in [6, 6.07) is 0. The van der Waals surface area contributed by atoms with E-state index in [1.165, 1.54) is 0 Å². The Morgan fingerprint density at radius 2 is 2.45 bits per heavy atom. The molecule has 0 saturated carbocycles. The first-order valence-corrected chi connectivity index (χ1v) is 5.87. The summed E-state index contributed by atoms with van der Waals surface area (Å²) in [6.07, 6.45) is -1.61. The van der Waals surface area contributed by atoms with E-state index in [9.17, 15) is 19.4 Å². The lowest BCUT2D eigenvalue weighted by Crippen LogP contribution is -2.45. The van der Waals surface area contributed by atoms with Crippen molar-refractivity contribution in [1.29, 1.82) is 0 Å². The average Bonchev–Trinajstić information content (AvgIpc) is 2.99. The van der Waals surface area contributed by atoms with Gasteiger partial charge in [0.15, 0.2) is 17.0 Å². The van der Waals surface area contributed by atoms with Crippen molar-refractivity contribution in [2.24, 2.45) is 0 Å². The van der Waals surface area contributed by atoms with Crippen molar-refractivity contribution in [3.63, 3.8) is 0 Å². The van der Waals surface area contributed by atoms with E-state index in [0.29, 0.717) is 0 Å². The number of hydrogen-bond acceptors (Lipinski definition) is 7. The van der Waals surface area contributed by atoms with Crippen LogP contribution in [-0.4, -0.2) is 47.4 Å². The highest BCUT2D eigenvalue weighted by Gasteiger charge is 2.54. The van der Waals surface area contributed by atoms with Crippen molar-refractivity contribution in [2.75, 3.05) is 5.73 Å². The number of carboxylic acid groups (broad SMARTS) is 1. The second-order valence-corrected chi connectivity index (χ2v) is 4.43. The lowest BCUT2D eigenvalue weighted by Gasteiger charge is -2.21. The summed E-state index contributed by atoms with van der Waals surface area (Å²) < 4.78 is 35.4. The number of aliphatic hydroxyl groups is 1. The fraction of sp³-hybridized carbons (Fsp3) is 0.333. The topological polar surface area (TPSA) is 136 Å². The Labute approximate surface area is 125 Å². The molecule has 0 amide bonds. The minimum atomic E-state index is -2.64. The van der Waals surface area contributed by atoms with Crippen LogP contribution in [0.4, 0.5) is 10.2 Å². The highest BCUT2D eigenvalue weighted by molar-refractivity contribution is 5.83. The minimum Gasteiger partial charge on any atom is -0.478 e. The molecule has 9 nitrogen and oxygen atoms in total. The molecule has 1 fully saturated rings. The number of aliphatic hydroxyl groups excluding tert-OH is 1. The van der Waals surface area contributed by atoms with Gasteiger partial charge >= 0.3 is 12.0 Å². The number of nitrogen functional groups attached to an aromatic ring is 1. The smallest absolute Gasteiger partial charge is 0.351 e. The number of ether oxygens (including phenoxy) is 1. The number of nitrogens with two attached hydrogens (primary N) is 1. The van der Waals surface area contributed by atoms with Crippen molar-refractivity contribution in [3.8, 4) is 12.3 Å². The van der Waals surface area contributed by atoms with Crippen molar-refractivity contribution in [3.05, 3.63) is 12.4 Å². The van der Waals surface area contributed by atoms with Crippen LogP contribution < -0.4 is 5.73 Å². The molecule has 114 valence electrons. The summed E-state index contributed by atoms with van der Waals surface area (Å²) in [6.45, 7) is 0. The minimum absolute atomic E-state index is 0.0428. The number of halogens is 1. The molecule has 0 aliphatic carbocycles. The van der Waals surface area contributed by atoms with Gasteiger partial charge < -0.3 is 20.7 Å². The first-order chi connectivity index (χ1) is 11.1. The second kappa shape index (κ2) is 4.62. The van der Waals surface area contributed by atoms with Gasteiger partial charge in [-0.25, -0.2) is 9.78 Å². The number of carboxylic acids is 1. The number of hydrogen-bond donors (Lipinski definition) is 3. The molecule has 0 unspecified atom stereocenters. The van der Waals surface area contributed by atoms with E-state index >= 15 is 0 Å². The fourth-order valence-corrected chi connectivity index (χ4v) is 2.09. The Morgan fingerprint density at radius 1 is 1.73 bits per heavy atom. The predicted molar refractivity (Wildman–Crippen MR) is 69.6 cm³/mol. The summed E-state index contributed by atoms with van der Waals surface area (Å²) in [5.41, 5.74) is 2.61. The number of fused-ring (bicyclic) bond motifs is 1. The molecule has 1 saturated heterocycles. The summed E-state index contributed by atoms with van der Waals surface area (Å²) in [7, 11) is 0. The molecule has 0 radical (unpaired) electrons. The van der Waals surface area contributed by atoms with Crippen LogP contribution in [0.5, 0.6) is 0 Å². The van der Waals surface area contributed by atoms with Crippen LogP contribution in [0.25, 0.3) is 11.2 Å². The molecule has 3 heterocycles. The van der Waals surface area contributed by atoms with Crippen LogP contribution in [0.2, 0.25) is 0 Å². The number of rotatable bonds is 2. The van der Waals surface area contributed by atoms with E-state index < -0.39 is 36.4 Å². The van der Waals surface area contributed by atoms with Gasteiger partial charge in [0.05, 0.1) is 6.33 Å². The molecule has 1 aliphatic rings. The predicted octanol–water partition coefficient (Wildman–Crippen LogP) is -0.716. The van der Waals surface area contributed by atoms with E-state index in [1.807, 2.05) is 0 Å². The van der Waals surface area contributed by atoms with E-state index in [1.54, 1.807) is 5.92 Å². The molecule has 0 bridgehead atoms. The Kier molecular flexibility index (Phi) is 2.49. The zero-order chi connectivity index (χ0) is 17.9. The molecule has 22 heavy (non-hydrogen) atoms. The van der Waals surface area contributed by atoms with Crippen LogP contribution in [-0.2, 0) is 9.53 Å². The maximum Gasteiger partial charge on any atom is 0.351 e. The molecule has 2 aromatic rings. The normalized spacial score (nSPS) is 31.5. The molecular weight excluding hydrogens is 297 g/mol. The number of anilines is 1. The van der Waals surface area contributed by atoms with Gasteiger partial charge in [0, 0.05) is 9.11 Å². The third-order valence-corrected chi connectivity index (χ3v) is 3.19. The van der Waals surface area contributed by atoms with Gasteiger partial charge in [-0.15, -0.1) is 6.42 Å². The van der Waals surface area contributed by atoms with E-state index in [0.717, 1.165) is 10.9 Å². The van der Waals surface area contributed by atoms with Gasteiger partial charge in [0.2, 0.25) is 0 Å². The van der Waals surface area contributed by atoms with Crippen molar-refractivity contribution < 1.29 is 26.9 Å². The maximum absolute atomic E-state index is 13.4. The molecule has 1 aliphatic heterocycles. The van der Waals surface area contributed by atoms with Gasteiger partial charge in [0.1, 0.15) is 12.3 Å². The van der Waals surface area contributed by atoms with E-state index in [-0.39, 0.29) is 17.0 Å². The SMILES string of the molecule is [2H]C1([2H])[C@H](n2cnc3c(N)nc(F)nc32)O[C@](C#C)(C(=O)O)[C@H]1O. The number of imidazole rings is 1. The lowest BCUT2D eigenvalue weighted by atomic mass is 9.98. The van der Waals surface area contributed by atoms with Crippen molar-refractivity contribution in [1.82, 2.24) is 19.5 Å². The Balaban J connectivity index is 2.20. The van der Waals surface area contributed by atoms with Gasteiger partial charge in [-0.2, -0.15) is 14.4 Å². The largest absolute Gasteiger partial charge is 0.478 e. The second-order valence-electron chi connectivity index (χ2n) is 4.43. The van der Waals surface area contributed by atoms with Crippen LogP contribution in [0, 0.1) is 18.4 Å². The van der Waals surface area contributed by atoms with E-state index in [2.05, 4.69) is 15.0 Å². The molecule has 3 atom stereocenters. The van der Waals surface area contributed by atoms with Gasteiger partial charge in [0.25, 0.3) is 5.60 Å². The summed E-state index contributed by atoms with van der Waals surface area (Å²) in [4.78, 5) is 22.0. The third kappa shape index (κ3) is 1.80. The van der Waals surface area contributed by atoms with Crippen LogP contribution in [0.3, 0.4) is 0 Å². The Hall–Kier alpha value is -2.77. The highest BCUT2D eigenvalue weighted by atomic mass is 19.1. The van der Waals surface area contributed by atoms with Crippen molar-refractivity contribution in [2.45, 2.75) is 24.3 Å². The average molecular weight is 309 g/mol. The molecule has 10 heteroatoms. The first kappa shape index (κ1) is 11.8. The lowest BCUT2D eigenvalue weighted by molar-refractivity contribution is -0.165. The van der Waals surface area contributed by atoms with Gasteiger partial charge in [-0.3, -0.25) is 4.57 Å². The zero-order valence-electron chi connectivity index (χ0n) is 12.8. The Bertz CT molecular complexity index is 897. The molecule has 4 N–H and O–H groups in total. The zero-order valence-corrected chi connectivity index (χ0v) is 10.8. The number of nitrogens with zero attached hydrogens (tertiary/aromatic N) is 4. The number of aromatic nitrogens is 4. The van der Waals surface area contributed by atoms with Gasteiger partial charge in [-0.05, 0) is 0 Å². The van der Waals surface area contributed by atoms with Crippen LogP contribution in [0.15, 0.2) is 6.33 Å². The third-order valence-electron chi connectivity index (χ3n) is 3.19. The molecule has 0 aromatic carbocycles. The van der Waals surface area contributed by atoms with E-state index in [4.69, 9.17) is 19.6 Å². The summed E-state index contributed by atoms with van der Waals surface area (Å²) >= 11 is 0. The fourth-order valence-electron chi connectivity index (χ4n) is 2.09. The van der Waals surface area contributed by atoms with Crippen molar-refractivity contribution >= 4 is 23.0 Å². The van der Waals surface area contributed by atoms with Crippen LogP contribution in [0.1, 0.15) is 15.3 Å². The maximum atomic E-state index is 13.4. The monoisotopic (exact) mass is 309 g/mol. The number of aliphatic carboxylic acids is 1. The summed E-state index contributed by atoms with van der Waals surface area (Å²) in [5.74, 6) is -0.269. The number of carbonyl (C=O) groups is 1. The highest BCUT2D eigenvalue weighted by Crippen LogP contribution is 2.38. The standard InChI is InChI=1S/C12H10FN5O4/c1-2-12(10(20)21)5(19)3-6(22-12)18-4-15-7-8(14)16-11(13)17-9(7)18/h1,4-6,19H,3H2,(H,20,21)(H2,14,16,17)/t5-,6+,12-/m0/s1/i3D2. The molecule has 0 spiro atoms. The quantitative estimate of drug-likeness (QED) is 0.488. The first-order valence-electron chi connectivity index (χ1n) is 6.87. The summed E-state index contributed by atoms with van der Waals surface area (Å²) in [5, 5.41) is 19.4. The molecule has 3 rings (SSSR count). The van der Waals surface area contributed by atoms with Gasteiger partial charge in [-0.1, -0.05) is 5.92 Å². The molecular formula is C12H10FN5O4. The number of terminal acetylenes is 1.